The van der Waals surface area contributed by atoms with Crippen LogP contribution in [0.25, 0.3) is 5.57 Å². The lowest BCUT2D eigenvalue weighted by atomic mass is 9.94. The van der Waals surface area contributed by atoms with Crippen LogP contribution >= 0.6 is 11.6 Å². The minimum absolute atomic E-state index is 0.132. The number of nitrogens with zero attached hydrogens (tertiary/aromatic N) is 3. The number of allylic oxidation sites excluding steroid dienone is 5. The topological polar surface area (TPSA) is 46.1 Å². The van der Waals surface area contributed by atoms with Gasteiger partial charge < -0.3 is 4.90 Å². The van der Waals surface area contributed by atoms with Gasteiger partial charge in [0.25, 0.3) is 5.91 Å². The Labute approximate surface area is 162 Å². The second-order valence-electron chi connectivity index (χ2n) is 6.17. The van der Waals surface area contributed by atoms with Gasteiger partial charge in [-0.15, -0.1) is 0 Å². The highest BCUT2D eigenvalue weighted by molar-refractivity contribution is 6.31. The Hall–Kier alpha value is -2.79. The fourth-order valence-corrected chi connectivity index (χ4v) is 3.06. The third-order valence-electron chi connectivity index (χ3n) is 4.45. The number of hydrogen-bond donors (Lipinski definition) is 0. The first kappa shape index (κ1) is 19.0. The van der Waals surface area contributed by atoms with Crippen LogP contribution in [-0.2, 0) is 13.0 Å². The first-order chi connectivity index (χ1) is 13.0. The molecule has 3 rings (SSSR count). The van der Waals surface area contributed by atoms with E-state index in [1.165, 1.54) is 11.6 Å². The first-order valence-electron chi connectivity index (χ1n) is 8.56. The van der Waals surface area contributed by atoms with E-state index >= 15 is 0 Å². The second kappa shape index (κ2) is 8.27. The van der Waals surface area contributed by atoms with Crippen molar-refractivity contribution in [1.82, 2.24) is 14.9 Å². The van der Waals surface area contributed by atoms with Gasteiger partial charge >= 0.3 is 0 Å². The molecule has 27 heavy (non-hydrogen) atoms. The number of rotatable bonds is 4. The van der Waals surface area contributed by atoms with Crippen molar-refractivity contribution >= 4 is 23.1 Å². The summed E-state index contributed by atoms with van der Waals surface area (Å²) in [6.07, 6.45) is 7.04. The van der Waals surface area contributed by atoms with E-state index in [9.17, 15) is 9.18 Å². The Morgan fingerprint density at radius 3 is 2.70 bits per heavy atom. The number of halogens is 2. The maximum Gasteiger partial charge on any atom is 0.291 e. The molecular formula is C21H19ClFN3O. The average molecular weight is 384 g/mol. The summed E-state index contributed by atoms with van der Waals surface area (Å²) in [4.78, 5) is 22.4. The molecule has 0 unspecified atom stereocenters. The molecule has 4 nitrogen and oxygen atoms in total. The monoisotopic (exact) mass is 383 g/mol. The zero-order valence-corrected chi connectivity index (χ0v) is 15.7. The standard InChI is InChI=1S/C21H19ClFN3O/c1-3-15(12-19(23)14(2)22)17-6-5-16-7-10-26(13-18(16)11-17)21(27)20-24-8-4-9-25-20/h3-6,8-9,11-12H,2,7,10,13H2,1H3/b15-3+,19-12+. The fraction of sp³-hybridized carbons (Fsp3) is 0.190. The van der Waals surface area contributed by atoms with Crippen LogP contribution in [0.2, 0.25) is 0 Å². The van der Waals surface area contributed by atoms with E-state index < -0.39 is 5.83 Å². The zero-order valence-electron chi connectivity index (χ0n) is 15.0. The minimum Gasteiger partial charge on any atom is -0.331 e. The van der Waals surface area contributed by atoms with E-state index in [1.807, 2.05) is 31.2 Å². The normalized spacial score (nSPS) is 14.7. The Balaban J connectivity index is 1.86. The molecule has 0 saturated carbocycles. The van der Waals surface area contributed by atoms with Gasteiger partial charge in [-0.25, -0.2) is 14.4 Å². The molecule has 0 atom stereocenters. The smallest absolute Gasteiger partial charge is 0.291 e. The Morgan fingerprint density at radius 2 is 2.04 bits per heavy atom. The van der Waals surface area contributed by atoms with Crippen molar-refractivity contribution in [3.05, 3.63) is 88.8 Å². The number of fused-ring (bicyclic) bond motifs is 1. The van der Waals surface area contributed by atoms with Gasteiger partial charge in [-0.1, -0.05) is 36.4 Å². The van der Waals surface area contributed by atoms with Gasteiger partial charge in [-0.2, -0.15) is 0 Å². The Bertz CT molecular complexity index is 938. The molecule has 1 aliphatic rings. The highest BCUT2D eigenvalue weighted by atomic mass is 35.5. The highest BCUT2D eigenvalue weighted by Gasteiger charge is 2.23. The van der Waals surface area contributed by atoms with Crippen LogP contribution in [-0.4, -0.2) is 27.3 Å². The molecule has 1 aromatic carbocycles. The van der Waals surface area contributed by atoms with Crippen LogP contribution in [0.4, 0.5) is 4.39 Å². The summed E-state index contributed by atoms with van der Waals surface area (Å²) in [6.45, 7) is 6.31. The molecule has 2 aromatic rings. The SMILES string of the molecule is C=C(Cl)/C(F)=C\C(=C/C)c1ccc2c(c1)CN(C(=O)c1ncccn1)CC2. The molecular weight excluding hydrogens is 365 g/mol. The predicted molar refractivity (Wildman–Crippen MR) is 105 cm³/mol. The molecule has 6 heteroatoms. The Kier molecular flexibility index (Phi) is 5.81. The van der Waals surface area contributed by atoms with E-state index in [-0.39, 0.29) is 16.8 Å². The quantitative estimate of drug-likeness (QED) is 0.720. The predicted octanol–water partition coefficient (Wildman–Crippen LogP) is 4.68. The second-order valence-corrected chi connectivity index (χ2v) is 6.63. The van der Waals surface area contributed by atoms with Crippen molar-refractivity contribution in [3.8, 4) is 0 Å². The summed E-state index contributed by atoms with van der Waals surface area (Å²) >= 11 is 5.62. The van der Waals surface area contributed by atoms with Crippen LogP contribution in [0.5, 0.6) is 0 Å². The van der Waals surface area contributed by atoms with Crippen molar-refractivity contribution < 1.29 is 9.18 Å². The van der Waals surface area contributed by atoms with Gasteiger partial charge in [0.05, 0.1) is 5.03 Å². The van der Waals surface area contributed by atoms with E-state index in [0.29, 0.717) is 18.7 Å². The lowest BCUT2D eigenvalue weighted by Crippen LogP contribution is -2.36. The van der Waals surface area contributed by atoms with Gasteiger partial charge in [0, 0.05) is 25.5 Å². The molecule has 2 heterocycles. The largest absolute Gasteiger partial charge is 0.331 e. The molecule has 1 aromatic heterocycles. The summed E-state index contributed by atoms with van der Waals surface area (Å²) in [7, 11) is 0. The molecule has 1 amide bonds. The van der Waals surface area contributed by atoms with Gasteiger partial charge in [0.1, 0.15) is 5.83 Å². The average Bonchev–Trinajstić information content (AvgIpc) is 2.71. The van der Waals surface area contributed by atoms with Crippen molar-refractivity contribution in [1.29, 1.82) is 0 Å². The third-order valence-corrected chi connectivity index (χ3v) is 4.63. The number of benzene rings is 1. The highest BCUT2D eigenvalue weighted by Crippen LogP contribution is 2.27. The van der Waals surface area contributed by atoms with Crippen LogP contribution in [0, 0.1) is 0 Å². The lowest BCUT2D eigenvalue weighted by Gasteiger charge is -2.28. The van der Waals surface area contributed by atoms with E-state index in [4.69, 9.17) is 11.6 Å². The first-order valence-corrected chi connectivity index (χ1v) is 8.94. The maximum atomic E-state index is 13.9. The van der Waals surface area contributed by atoms with E-state index in [1.54, 1.807) is 23.4 Å². The number of amides is 1. The van der Waals surface area contributed by atoms with Crippen molar-refractivity contribution in [2.45, 2.75) is 19.9 Å². The number of hydrogen-bond acceptors (Lipinski definition) is 3. The van der Waals surface area contributed by atoms with Crippen LogP contribution in [0.3, 0.4) is 0 Å². The van der Waals surface area contributed by atoms with Crippen molar-refractivity contribution in [2.24, 2.45) is 0 Å². The molecule has 0 fully saturated rings. The zero-order chi connectivity index (χ0) is 19.4. The summed E-state index contributed by atoms with van der Waals surface area (Å²) in [6, 6.07) is 7.63. The van der Waals surface area contributed by atoms with Crippen LogP contribution in [0.1, 0.15) is 34.2 Å². The molecule has 0 aliphatic carbocycles. The summed E-state index contributed by atoms with van der Waals surface area (Å²) in [5.41, 5.74) is 3.76. The summed E-state index contributed by atoms with van der Waals surface area (Å²) < 4.78 is 13.9. The van der Waals surface area contributed by atoms with E-state index in [0.717, 1.165) is 17.5 Å². The van der Waals surface area contributed by atoms with Gasteiger partial charge in [-0.3, -0.25) is 4.79 Å². The number of carbonyl (C=O) groups is 1. The number of aromatic nitrogens is 2. The van der Waals surface area contributed by atoms with Crippen LogP contribution < -0.4 is 0 Å². The fourth-order valence-electron chi connectivity index (χ4n) is 3.01. The van der Waals surface area contributed by atoms with E-state index in [2.05, 4.69) is 16.5 Å². The molecule has 0 radical (unpaired) electrons. The van der Waals surface area contributed by atoms with Crippen molar-refractivity contribution in [3.63, 3.8) is 0 Å². The lowest BCUT2D eigenvalue weighted by molar-refractivity contribution is 0.0722. The molecule has 0 saturated heterocycles. The summed E-state index contributed by atoms with van der Waals surface area (Å²) in [5.74, 6) is -0.570. The minimum atomic E-state index is -0.569. The molecule has 0 bridgehead atoms. The molecule has 138 valence electrons. The van der Waals surface area contributed by atoms with Gasteiger partial charge in [-0.05, 0) is 53.8 Å². The number of carbonyl (C=O) groups excluding carboxylic acids is 1. The summed E-state index contributed by atoms with van der Waals surface area (Å²) in [5, 5.41) is -0.132. The van der Waals surface area contributed by atoms with Gasteiger partial charge in [0.2, 0.25) is 5.82 Å². The Morgan fingerprint density at radius 1 is 1.30 bits per heavy atom. The van der Waals surface area contributed by atoms with Crippen LogP contribution in [0.15, 0.2) is 66.2 Å². The molecule has 0 spiro atoms. The maximum absolute atomic E-state index is 13.9. The molecule has 0 N–H and O–H groups in total. The third kappa shape index (κ3) is 4.31. The van der Waals surface area contributed by atoms with Crippen molar-refractivity contribution in [2.75, 3.05) is 6.54 Å². The van der Waals surface area contributed by atoms with Gasteiger partial charge in [0.15, 0.2) is 0 Å². The molecule has 1 aliphatic heterocycles.